The zero-order valence-corrected chi connectivity index (χ0v) is 10.2. The van der Waals surface area contributed by atoms with Crippen molar-refractivity contribution in [2.75, 3.05) is 0 Å². The third kappa shape index (κ3) is 1.75. The van der Waals surface area contributed by atoms with Gasteiger partial charge in [-0.3, -0.25) is 0 Å². The number of para-hydroxylation sites is 1. The fraction of sp³-hybridized carbons (Fsp3) is 0. The minimum absolute atomic E-state index is 0.192. The molecule has 3 heteroatoms. The second-order valence-corrected chi connectivity index (χ2v) is 4.33. The SMILES string of the molecule is Fc1c(-c2ccccc2)c(Cl)nc2ccccc12. The Bertz CT molecular complexity index is 710. The molecule has 0 atom stereocenters. The van der Waals surface area contributed by atoms with Crippen molar-refractivity contribution < 1.29 is 4.39 Å². The van der Waals surface area contributed by atoms with Gasteiger partial charge in [-0.25, -0.2) is 9.37 Å². The van der Waals surface area contributed by atoms with E-state index in [4.69, 9.17) is 11.6 Å². The summed E-state index contributed by atoms with van der Waals surface area (Å²) >= 11 is 6.09. The van der Waals surface area contributed by atoms with E-state index in [9.17, 15) is 4.39 Å². The molecule has 0 saturated carbocycles. The van der Waals surface area contributed by atoms with Crippen LogP contribution in [0.25, 0.3) is 22.0 Å². The summed E-state index contributed by atoms with van der Waals surface area (Å²) in [6, 6.07) is 16.3. The van der Waals surface area contributed by atoms with E-state index in [1.54, 1.807) is 18.2 Å². The molecule has 0 radical (unpaired) electrons. The van der Waals surface area contributed by atoms with Crippen LogP contribution in [0.3, 0.4) is 0 Å². The molecule has 0 fully saturated rings. The zero-order chi connectivity index (χ0) is 12.5. The maximum atomic E-state index is 14.5. The van der Waals surface area contributed by atoms with E-state index in [2.05, 4.69) is 4.98 Å². The van der Waals surface area contributed by atoms with E-state index in [1.807, 2.05) is 36.4 Å². The van der Waals surface area contributed by atoms with Crippen molar-refractivity contribution in [1.29, 1.82) is 0 Å². The Labute approximate surface area is 109 Å². The number of benzene rings is 2. The van der Waals surface area contributed by atoms with Gasteiger partial charge in [-0.2, -0.15) is 0 Å². The van der Waals surface area contributed by atoms with Gasteiger partial charge in [0.2, 0.25) is 0 Å². The van der Waals surface area contributed by atoms with Crippen LogP contribution in [0.2, 0.25) is 5.15 Å². The summed E-state index contributed by atoms with van der Waals surface area (Å²) in [5, 5.41) is 0.679. The average Bonchev–Trinajstić information content (AvgIpc) is 2.40. The van der Waals surface area contributed by atoms with Gasteiger partial charge >= 0.3 is 0 Å². The van der Waals surface area contributed by atoms with Gasteiger partial charge in [0.15, 0.2) is 0 Å². The lowest BCUT2D eigenvalue weighted by molar-refractivity contribution is 0.642. The van der Waals surface area contributed by atoms with Crippen LogP contribution in [0.4, 0.5) is 4.39 Å². The van der Waals surface area contributed by atoms with Crippen LogP contribution >= 0.6 is 11.6 Å². The highest BCUT2D eigenvalue weighted by atomic mass is 35.5. The van der Waals surface area contributed by atoms with Crippen molar-refractivity contribution in [3.05, 3.63) is 65.6 Å². The normalized spacial score (nSPS) is 10.8. The first kappa shape index (κ1) is 11.2. The highest BCUT2D eigenvalue weighted by Gasteiger charge is 2.14. The molecule has 3 rings (SSSR count). The fourth-order valence-electron chi connectivity index (χ4n) is 1.99. The Morgan fingerprint density at radius 2 is 1.56 bits per heavy atom. The van der Waals surface area contributed by atoms with Crippen molar-refractivity contribution in [2.24, 2.45) is 0 Å². The highest BCUT2D eigenvalue weighted by molar-refractivity contribution is 6.32. The lowest BCUT2D eigenvalue weighted by atomic mass is 10.0. The number of pyridine rings is 1. The maximum absolute atomic E-state index is 14.5. The summed E-state index contributed by atoms with van der Waals surface area (Å²) in [5.74, 6) is -0.322. The van der Waals surface area contributed by atoms with Crippen molar-refractivity contribution in [1.82, 2.24) is 4.98 Å². The number of nitrogens with zero attached hydrogens (tertiary/aromatic N) is 1. The van der Waals surface area contributed by atoms with Crippen LogP contribution < -0.4 is 0 Å². The molecule has 3 aromatic rings. The molecule has 0 amide bonds. The standard InChI is InChI=1S/C15H9ClFN/c16-15-13(10-6-2-1-3-7-10)14(17)11-8-4-5-9-12(11)18-15/h1-9H. The summed E-state index contributed by atoms with van der Waals surface area (Å²) < 4.78 is 14.5. The molecule has 0 bridgehead atoms. The molecule has 1 aromatic heterocycles. The van der Waals surface area contributed by atoms with Crippen LogP contribution in [0.15, 0.2) is 54.6 Å². The minimum atomic E-state index is -0.322. The Morgan fingerprint density at radius 1 is 0.889 bits per heavy atom. The molecule has 0 saturated heterocycles. The van der Waals surface area contributed by atoms with E-state index in [-0.39, 0.29) is 11.0 Å². The van der Waals surface area contributed by atoms with Gasteiger partial charge in [-0.1, -0.05) is 54.1 Å². The molecule has 0 N–H and O–H groups in total. The van der Waals surface area contributed by atoms with Crippen LogP contribution in [0, 0.1) is 5.82 Å². The lowest BCUT2D eigenvalue weighted by Crippen LogP contribution is -1.92. The number of aromatic nitrogens is 1. The third-order valence-electron chi connectivity index (χ3n) is 2.85. The Hall–Kier alpha value is -1.93. The van der Waals surface area contributed by atoms with Gasteiger partial charge in [0, 0.05) is 5.39 Å². The minimum Gasteiger partial charge on any atom is -0.235 e. The molecule has 0 aliphatic heterocycles. The van der Waals surface area contributed by atoms with Crippen molar-refractivity contribution >= 4 is 22.5 Å². The van der Waals surface area contributed by atoms with Crippen molar-refractivity contribution in [3.63, 3.8) is 0 Å². The highest BCUT2D eigenvalue weighted by Crippen LogP contribution is 2.33. The molecule has 0 spiro atoms. The number of fused-ring (bicyclic) bond motifs is 1. The summed E-state index contributed by atoms with van der Waals surface area (Å²) in [6.07, 6.45) is 0. The van der Waals surface area contributed by atoms with Crippen molar-refractivity contribution in [2.45, 2.75) is 0 Å². The first-order valence-electron chi connectivity index (χ1n) is 5.56. The molecule has 0 aliphatic rings. The summed E-state index contributed by atoms with van der Waals surface area (Å²) in [4.78, 5) is 4.24. The van der Waals surface area contributed by atoms with Crippen LogP contribution in [0.5, 0.6) is 0 Å². The Balaban J connectivity index is 2.37. The first-order chi connectivity index (χ1) is 8.77. The zero-order valence-electron chi connectivity index (χ0n) is 9.40. The van der Waals surface area contributed by atoms with Crippen LogP contribution in [-0.4, -0.2) is 4.98 Å². The predicted octanol–water partition coefficient (Wildman–Crippen LogP) is 4.69. The van der Waals surface area contributed by atoms with Gasteiger partial charge in [0.05, 0.1) is 11.1 Å². The van der Waals surface area contributed by atoms with Gasteiger partial charge in [0.1, 0.15) is 11.0 Å². The van der Waals surface area contributed by atoms with Gasteiger partial charge in [0.25, 0.3) is 0 Å². The average molecular weight is 258 g/mol. The molecule has 2 aromatic carbocycles. The molecule has 0 aliphatic carbocycles. The van der Waals surface area contributed by atoms with Crippen molar-refractivity contribution in [3.8, 4) is 11.1 Å². The quantitative estimate of drug-likeness (QED) is 0.576. The second kappa shape index (κ2) is 4.39. The monoisotopic (exact) mass is 257 g/mol. The van der Waals surface area contributed by atoms with E-state index >= 15 is 0 Å². The molecule has 18 heavy (non-hydrogen) atoms. The summed E-state index contributed by atoms with van der Waals surface area (Å²) in [5.41, 5.74) is 1.66. The van der Waals surface area contributed by atoms with E-state index in [0.29, 0.717) is 16.5 Å². The van der Waals surface area contributed by atoms with E-state index < -0.39 is 0 Å². The number of hydrogen-bond donors (Lipinski definition) is 0. The molecule has 1 heterocycles. The molecular formula is C15H9ClFN. The second-order valence-electron chi connectivity index (χ2n) is 3.97. The number of hydrogen-bond acceptors (Lipinski definition) is 1. The molecular weight excluding hydrogens is 249 g/mol. The molecule has 0 unspecified atom stereocenters. The summed E-state index contributed by atoms with van der Waals surface area (Å²) in [7, 11) is 0. The smallest absolute Gasteiger partial charge is 0.143 e. The molecule has 88 valence electrons. The first-order valence-corrected chi connectivity index (χ1v) is 5.94. The number of halogens is 2. The van der Waals surface area contributed by atoms with E-state index in [0.717, 1.165) is 5.56 Å². The Kier molecular flexibility index (Phi) is 2.73. The predicted molar refractivity (Wildman–Crippen MR) is 72.1 cm³/mol. The third-order valence-corrected chi connectivity index (χ3v) is 3.12. The number of rotatable bonds is 1. The fourth-order valence-corrected chi connectivity index (χ4v) is 2.28. The maximum Gasteiger partial charge on any atom is 0.143 e. The van der Waals surface area contributed by atoms with Gasteiger partial charge in [-0.05, 0) is 17.7 Å². The van der Waals surface area contributed by atoms with Gasteiger partial charge < -0.3 is 0 Å². The van der Waals surface area contributed by atoms with Crippen LogP contribution in [-0.2, 0) is 0 Å². The topological polar surface area (TPSA) is 12.9 Å². The van der Waals surface area contributed by atoms with Gasteiger partial charge in [-0.15, -0.1) is 0 Å². The lowest BCUT2D eigenvalue weighted by Gasteiger charge is -2.08. The summed E-state index contributed by atoms with van der Waals surface area (Å²) in [6.45, 7) is 0. The largest absolute Gasteiger partial charge is 0.235 e. The van der Waals surface area contributed by atoms with Crippen LogP contribution in [0.1, 0.15) is 0 Å². The van der Waals surface area contributed by atoms with E-state index in [1.165, 1.54) is 0 Å². The molecule has 1 nitrogen and oxygen atoms in total. The Morgan fingerprint density at radius 3 is 2.33 bits per heavy atom.